The van der Waals surface area contributed by atoms with Crippen LogP contribution in [0, 0.1) is 5.92 Å². The maximum Gasteiger partial charge on any atom is 0.245 e. The Hall–Kier alpha value is -3.41. The number of nitrogens with zero attached hydrogens (tertiary/aromatic N) is 3. The lowest BCUT2D eigenvalue weighted by molar-refractivity contribution is -0.138. The summed E-state index contributed by atoms with van der Waals surface area (Å²) in [6, 6.07) is 21.5. The fourth-order valence-electron chi connectivity index (χ4n) is 4.40. The van der Waals surface area contributed by atoms with Crippen LogP contribution in [0.1, 0.15) is 57.7 Å². The van der Waals surface area contributed by atoms with Crippen molar-refractivity contribution in [3.05, 3.63) is 78.0 Å². The van der Waals surface area contributed by atoms with Gasteiger partial charge >= 0.3 is 0 Å². The highest BCUT2D eigenvalue weighted by Crippen LogP contribution is 2.28. The normalized spacial score (nSPS) is 14.2. The van der Waals surface area contributed by atoms with Crippen LogP contribution < -0.4 is 5.32 Å². The van der Waals surface area contributed by atoms with E-state index in [-0.39, 0.29) is 29.7 Å². The van der Waals surface area contributed by atoms with Crippen molar-refractivity contribution in [3.63, 3.8) is 0 Å². The Bertz CT molecular complexity index is 1110. The van der Waals surface area contributed by atoms with Crippen molar-refractivity contribution in [2.24, 2.45) is 5.92 Å². The van der Waals surface area contributed by atoms with Gasteiger partial charge in [-0.3, -0.25) is 9.59 Å². The predicted molar refractivity (Wildman–Crippen MR) is 135 cm³/mol. The average Bonchev–Trinajstić information content (AvgIpc) is 3.50. The van der Waals surface area contributed by atoms with Crippen molar-refractivity contribution in [1.29, 1.82) is 0 Å². The van der Waals surface area contributed by atoms with Crippen LogP contribution in [0.5, 0.6) is 0 Å². The zero-order valence-corrected chi connectivity index (χ0v) is 20.3. The maximum atomic E-state index is 13.3. The topological polar surface area (TPSA) is 67.2 Å². The summed E-state index contributed by atoms with van der Waals surface area (Å²) in [4.78, 5) is 28.2. The largest absolute Gasteiger partial charge is 0.329 e. The maximum absolute atomic E-state index is 13.3. The van der Waals surface area contributed by atoms with E-state index >= 15 is 0 Å². The van der Waals surface area contributed by atoms with Gasteiger partial charge < -0.3 is 10.2 Å². The number of nitrogens with one attached hydrogen (secondary N) is 1. The van der Waals surface area contributed by atoms with Crippen LogP contribution in [-0.2, 0) is 21.5 Å². The summed E-state index contributed by atoms with van der Waals surface area (Å²) in [5.41, 5.74) is 2.61. The lowest BCUT2D eigenvalue weighted by atomic mass is 9.92. The number of hydrogen-bond acceptors (Lipinski definition) is 3. The summed E-state index contributed by atoms with van der Waals surface area (Å²) in [6.07, 6.45) is 3.96. The standard InChI is InChI=1S/C28H34N4O2/c1-28(2,3)24-18-25(32(30-24)23-16-8-5-9-17-23)29-26(33)20-31(19-21-12-6-4-7-13-21)27(34)22-14-10-11-15-22/h4-9,12-13,16-18,22H,10-11,14-15,19-20H2,1-3H3,(H,29,33). The van der Waals surface area contributed by atoms with Gasteiger partial charge in [0, 0.05) is 23.9 Å². The molecule has 3 aromatic rings. The summed E-state index contributed by atoms with van der Waals surface area (Å²) >= 11 is 0. The molecule has 1 N–H and O–H groups in total. The van der Waals surface area contributed by atoms with Gasteiger partial charge in [0.2, 0.25) is 11.8 Å². The highest BCUT2D eigenvalue weighted by atomic mass is 16.2. The molecule has 2 aromatic carbocycles. The number of para-hydroxylation sites is 1. The average molecular weight is 459 g/mol. The Morgan fingerprint density at radius 1 is 1.00 bits per heavy atom. The van der Waals surface area contributed by atoms with Crippen LogP contribution in [0.3, 0.4) is 0 Å². The van der Waals surface area contributed by atoms with Crippen LogP contribution in [-0.4, -0.2) is 33.0 Å². The van der Waals surface area contributed by atoms with E-state index in [1.165, 1.54) is 0 Å². The van der Waals surface area contributed by atoms with Crippen molar-refractivity contribution in [3.8, 4) is 5.69 Å². The lowest BCUT2D eigenvalue weighted by Crippen LogP contribution is -2.40. The summed E-state index contributed by atoms with van der Waals surface area (Å²) in [6.45, 7) is 6.72. The summed E-state index contributed by atoms with van der Waals surface area (Å²) < 4.78 is 1.76. The molecule has 1 fully saturated rings. The molecule has 4 rings (SSSR count). The molecule has 1 aliphatic carbocycles. The Balaban J connectivity index is 1.56. The lowest BCUT2D eigenvalue weighted by Gasteiger charge is -2.25. The molecule has 1 heterocycles. The molecule has 6 nitrogen and oxygen atoms in total. The van der Waals surface area contributed by atoms with E-state index < -0.39 is 0 Å². The Kier molecular flexibility index (Phi) is 7.15. The van der Waals surface area contributed by atoms with Crippen molar-refractivity contribution < 1.29 is 9.59 Å². The zero-order chi connectivity index (χ0) is 24.1. The van der Waals surface area contributed by atoms with Crippen molar-refractivity contribution >= 4 is 17.6 Å². The quantitative estimate of drug-likeness (QED) is 0.521. The second-order valence-corrected chi connectivity index (χ2v) is 10.1. The monoisotopic (exact) mass is 458 g/mol. The Labute approximate surface area is 202 Å². The molecule has 0 unspecified atom stereocenters. The minimum atomic E-state index is -0.222. The van der Waals surface area contributed by atoms with Crippen molar-refractivity contribution in [2.75, 3.05) is 11.9 Å². The van der Waals surface area contributed by atoms with E-state index in [1.807, 2.05) is 66.7 Å². The van der Waals surface area contributed by atoms with Gasteiger partial charge in [-0.25, -0.2) is 4.68 Å². The van der Waals surface area contributed by atoms with Crippen LogP contribution >= 0.6 is 0 Å². The molecule has 1 saturated carbocycles. The number of carbonyl (C=O) groups is 2. The zero-order valence-electron chi connectivity index (χ0n) is 20.3. The first-order valence-corrected chi connectivity index (χ1v) is 12.1. The Morgan fingerprint density at radius 2 is 1.62 bits per heavy atom. The van der Waals surface area contributed by atoms with Gasteiger partial charge in [-0.15, -0.1) is 0 Å². The highest BCUT2D eigenvalue weighted by molar-refractivity contribution is 5.94. The molecule has 178 valence electrons. The van der Waals surface area contributed by atoms with E-state index in [0.29, 0.717) is 12.4 Å². The molecule has 0 atom stereocenters. The van der Waals surface area contributed by atoms with E-state index in [1.54, 1.807) is 9.58 Å². The summed E-state index contributed by atoms with van der Waals surface area (Å²) in [5, 5.41) is 7.80. The van der Waals surface area contributed by atoms with E-state index in [0.717, 1.165) is 42.6 Å². The molecule has 0 spiro atoms. The number of anilines is 1. The molecule has 0 aliphatic heterocycles. The molecule has 6 heteroatoms. The molecule has 34 heavy (non-hydrogen) atoms. The van der Waals surface area contributed by atoms with E-state index in [4.69, 9.17) is 5.10 Å². The van der Waals surface area contributed by atoms with E-state index in [2.05, 4.69) is 26.1 Å². The molecular formula is C28H34N4O2. The molecule has 0 radical (unpaired) electrons. The van der Waals surface area contributed by atoms with Crippen LogP contribution in [0.25, 0.3) is 5.69 Å². The minimum absolute atomic E-state index is 0.00898. The number of hydrogen-bond donors (Lipinski definition) is 1. The van der Waals surface area contributed by atoms with Gasteiger partial charge in [0.1, 0.15) is 12.4 Å². The van der Waals surface area contributed by atoms with Gasteiger partial charge in [0.25, 0.3) is 0 Å². The SMILES string of the molecule is CC(C)(C)c1cc(NC(=O)CN(Cc2ccccc2)C(=O)C2CCCC2)n(-c2ccccc2)n1. The first-order valence-electron chi connectivity index (χ1n) is 12.1. The number of rotatable bonds is 7. The Morgan fingerprint density at radius 3 is 2.24 bits per heavy atom. The molecule has 0 bridgehead atoms. The summed E-state index contributed by atoms with van der Waals surface area (Å²) in [5.74, 6) is 0.469. The van der Waals surface area contributed by atoms with Crippen LogP contribution in [0.15, 0.2) is 66.7 Å². The number of benzene rings is 2. The molecule has 1 aliphatic rings. The smallest absolute Gasteiger partial charge is 0.245 e. The second kappa shape index (κ2) is 10.2. The molecule has 2 amide bonds. The third kappa shape index (κ3) is 5.74. The fourth-order valence-corrected chi connectivity index (χ4v) is 4.40. The van der Waals surface area contributed by atoms with Gasteiger partial charge in [0.15, 0.2) is 0 Å². The van der Waals surface area contributed by atoms with Gasteiger partial charge in [-0.05, 0) is 30.5 Å². The van der Waals surface area contributed by atoms with Crippen molar-refractivity contribution in [1.82, 2.24) is 14.7 Å². The van der Waals surface area contributed by atoms with Gasteiger partial charge in [-0.2, -0.15) is 5.10 Å². The first kappa shape index (κ1) is 23.7. The number of amides is 2. The molecule has 0 saturated heterocycles. The molecular weight excluding hydrogens is 424 g/mol. The highest BCUT2D eigenvalue weighted by Gasteiger charge is 2.29. The van der Waals surface area contributed by atoms with Gasteiger partial charge in [0.05, 0.1) is 11.4 Å². The van der Waals surface area contributed by atoms with E-state index in [9.17, 15) is 9.59 Å². The second-order valence-electron chi connectivity index (χ2n) is 10.1. The van der Waals surface area contributed by atoms with Crippen LogP contribution in [0.2, 0.25) is 0 Å². The fraction of sp³-hybridized carbons (Fsp3) is 0.393. The first-order chi connectivity index (χ1) is 16.3. The third-order valence-corrected chi connectivity index (χ3v) is 6.31. The van der Waals surface area contributed by atoms with Gasteiger partial charge in [-0.1, -0.05) is 82.1 Å². The van der Waals surface area contributed by atoms with Crippen LogP contribution in [0.4, 0.5) is 5.82 Å². The molecule has 1 aromatic heterocycles. The predicted octanol–water partition coefficient (Wildman–Crippen LogP) is 5.33. The number of carbonyl (C=O) groups excluding carboxylic acids is 2. The number of aromatic nitrogens is 2. The minimum Gasteiger partial charge on any atom is -0.329 e. The third-order valence-electron chi connectivity index (χ3n) is 6.31. The van der Waals surface area contributed by atoms with Crippen molar-refractivity contribution in [2.45, 2.75) is 58.4 Å². The summed E-state index contributed by atoms with van der Waals surface area (Å²) in [7, 11) is 0.